The number of alkyl halides is 3. The standard InChI is InChI=1S/C26H31N3O5.C2HF3O2/c1-3-14-29(15-13-18-9-11-20(12-10-18)19-7-5-4-6-8-19)25(31)24-23(28-17(2)30)21(27)16-22(34-24)26(32)33;3-2(4,5)1(6)7/h4-12,16,21,23-24H,3,13-15,27H2,1-2H3,(H,28,30)(H,32,33);(H,6,7)/t21-,23+,24+;/m0./s1. The molecule has 41 heavy (non-hydrogen) atoms. The van der Waals surface area contributed by atoms with Crippen LogP contribution in [0.3, 0.4) is 0 Å². The summed E-state index contributed by atoms with van der Waals surface area (Å²) >= 11 is 0. The number of hydrogen-bond donors (Lipinski definition) is 3. The van der Waals surface area contributed by atoms with Gasteiger partial charge in [0.05, 0.1) is 0 Å². The third kappa shape index (κ3) is 9.94. The molecule has 5 N–H and O–H groups in total. The van der Waals surface area contributed by atoms with Crippen LogP contribution in [0.2, 0.25) is 0 Å². The maximum Gasteiger partial charge on any atom is 0.430 e. The molecule has 0 aromatic heterocycles. The van der Waals surface area contributed by atoms with Crippen LogP contribution >= 0.6 is 0 Å². The number of benzene rings is 2. The number of rotatable bonds is 9. The Balaban J connectivity index is 0.000000745. The van der Waals surface area contributed by atoms with Gasteiger partial charge in [0.15, 0.2) is 0 Å². The summed E-state index contributed by atoms with van der Waals surface area (Å²) in [6.45, 7) is 4.24. The SMILES string of the molecule is CCCN(CCc1ccc(-c2ccccc2)cc1)C(=O)[C@@H]1OC(C(=O)O)=C[C@H]([NH3+])[C@H]1NC(C)=O.O=C([O-])C(F)(F)F. The Kier molecular flexibility index (Phi) is 11.9. The van der Waals surface area contributed by atoms with Crippen LogP contribution in [0.1, 0.15) is 25.8 Å². The molecule has 10 nitrogen and oxygen atoms in total. The highest BCUT2D eigenvalue weighted by molar-refractivity contribution is 5.88. The van der Waals surface area contributed by atoms with Crippen molar-refractivity contribution in [3.63, 3.8) is 0 Å². The zero-order valence-electron chi connectivity index (χ0n) is 22.5. The van der Waals surface area contributed by atoms with E-state index in [2.05, 4.69) is 35.3 Å². The lowest BCUT2D eigenvalue weighted by atomic mass is 9.97. The Hall–Kier alpha value is -4.39. The van der Waals surface area contributed by atoms with E-state index in [1.165, 1.54) is 13.0 Å². The molecule has 2 amide bonds. The zero-order valence-corrected chi connectivity index (χ0v) is 22.5. The van der Waals surface area contributed by atoms with E-state index in [1.807, 2.05) is 37.3 Å². The first kappa shape index (κ1) is 32.8. The number of quaternary nitrogens is 1. The van der Waals surface area contributed by atoms with Crippen molar-refractivity contribution in [1.82, 2.24) is 10.2 Å². The highest BCUT2D eigenvalue weighted by Crippen LogP contribution is 2.21. The molecular weight excluding hydrogens is 547 g/mol. The topological polar surface area (TPSA) is 164 Å². The van der Waals surface area contributed by atoms with E-state index >= 15 is 0 Å². The van der Waals surface area contributed by atoms with Gasteiger partial charge in [0.25, 0.3) is 5.91 Å². The second kappa shape index (κ2) is 14.8. The molecule has 13 heteroatoms. The number of ether oxygens (including phenoxy) is 1. The van der Waals surface area contributed by atoms with Gasteiger partial charge in [-0.2, -0.15) is 13.2 Å². The summed E-state index contributed by atoms with van der Waals surface area (Å²) in [6, 6.07) is 16.9. The Morgan fingerprint density at radius 1 is 1.02 bits per heavy atom. The van der Waals surface area contributed by atoms with Crippen LogP contribution in [0.4, 0.5) is 13.2 Å². The van der Waals surface area contributed by atoms with E-state index in [0.29, 0.717) is 19.5 Å². The molecule has 3 rings (SSSR count). The number of aliphatic carboxylic acids is 2. The van der Waals surface area contributed by atoms with Crippen molar-refractivity contribution in [1.29, 1.82) is 0 Å². The minimum atomic E-state index is -5.19. The fourth-order valence-corrected chi connectivity index (χ4v) is 4.06. The fraction of sp³-hybridized carbons (Fsp3) is 0.357. The van der Waals surface area contributed by atoms with Crippen molar-refractivity contribution < 1.29 is 53.0 Å². The van der Waals surface area contributed by atoms with E-state index in [9.17, 15) is 32.7 Å². The summed E-state index contributed by atoms with van der Waals surface area (Å²) in [5.74, 6) is -5.30. The molecule has 222 valence electrons. The number of carboxylic acid groups (broad SMARTS) is 2. The normalized spacial score (nSPS) is 18.1. The van der Waals surface area contributed by atoms with Crippen molar-refractivity contribution >= 4 is 23.8 Å². The number of halogens is 3. The number of carbonyl (C=O) groups excluding carboxylic acids is 3. The number of nitrogens with one attached hydrogen (secondary N) is 1. The summed E-state index contributed by atoms with van der Waals surface area (Å²) in [6.07, 6.45) is -3.67. The molecule has 0 aliphatic carbocycles. The van der Waals surface area contributed by atoms with Crippen molar-refractivity contribution in [2.75, 3.05) is 13.1 Å². The first-order valence-corrected chi connectivity index (χ1v) is 12.7. The summed E-state index contributed by atoms with van der Waals surface area (Å²) in [5, 5.41) is 20.9. The van der Waals surface area contributed by atoms with E-state index in [0.717, 1.165) is 23.1 Å². The van der Waals surface area contributed by atoms with Gasteiger partial charge < -0.3 is 35.7 Å². The van der Waals surface area contributed by atoms with Gasteiger partial charge in [-0.05, 0) is 29.5 Å². The summed E-state index contributed by atoms with van der Waals surface area (Å²) in [4.78, 5) is 47.1. The van der Waals surface area contributed by atoms with E-state index in [-0.39, 0.29) is 17.6 Å². The smallest absolute Gasteiger partial charge is 0.430 e. The van der Waals surface area contributed by atoms with Crippen LogP contribution < -0.4 is 16.2 Å². The molecule has 0 radical (unpaired) electrons. The fourth-order valence-electron chi connectivity index (χ4n) is 4.06. The lowest BCUT2D eigenvalue weighted by Gasteiger charge is -2.35. The third-order valence-corrected chi connectivity index (χ3v) is 6.00. The number of carbonyl (C=O) groups is 4. The number of hydrogen-bond acceptors (Lipinski definition) is 6. The van der Waals surface area contributed by atoms with E-state index in [1.54, 1.807) is 4.90 Å². The molecule has 0 saturated carbocycles. The lowest BCUT2D eigenvalue weighted by Crippen LogP contribution is -2.74. The number of carboxylic acids is 2. The highest BCUT2D eigenvalue weighted by atomic mass is 19.4. The predicted octanol–water partition coefficient (Wildman–Crippen LogP) is 0.916. The van der Waals surface area contributed by atoms with Crippen LogP contribution in [0.15, 0.2) is 66.4 Å². The van der Waals surface area contributed by atoms with Crippen molar-refractivity contribution in [2.45, 2.75) is 51.1 Å². The average Bonchev–Trinajstić information content (AvgIpc) is 2.92. The molecular formula is C28H32F3N3O7. The summed E-state index contributed by atoms with van der Waals surface area (Å²) < 4.78 is 37.1. The molecule has 1 aliphatic rings. The van der Waals surface area contributed by atoms with Crippen molar-refractivity contribution in [3.05, 3.63) is 72.0 Å². The van der Waals surface area contributed by atoms with E-state index in [4.69, 9.17) is 14.6 Å². The van der Waals surface area contributed by atoms with Gasteiger partial charge in [0, 0.05) is 26.1 Å². The van der Waals surface area contributed by atoms with Gasteiger partial charge in [-0.1, -0.05) is 61.5 Å². The molecule has 0 unspecified atom stereocenters. The summed E-state index contributed by atoms with van der Waals surface area (Å²) in [7, 11) is 0. The minimum Gasteiger partial charge on any atom is -0.542 e. The lowest BCUT2D eigenvalue weighted by molar-refractivity contribution is -0.414. The van der Waals surface area contributed by atoms with Crippen LogP contribution in [0.5, 0.6) is 0 Å². The molecule has 3 atom stereocenters. The van der Waals surface area contributed by atoms with Gasteiger partial charge in [-0.15, -0.1) is 0 Å². The van der Waals surface area contributed by atoms with Crippen LogP contribution in [0, 0.1) is 0 Å². The highest BCUT2D eigenvalue weighted by Gasteiger charge is 2.43. The number of amides is 2. The van der Waals surface area contributed by atoms with Crippen molar-refractivity contribution in [3.8, 4) is 11.1 Å². The third-order valence-electron chi connectivity index (χ3n) is 6.00. The average molecular weight is 580 g/mol. The Bertz CT molecular complexity index is 1230. The van der Waals surface area contributed by atoms with Gasteiger partial charge >= 0.3 is 12.1 Å². The largest absolute Gasteiger partial charge is 0.542 e. The monoisotopic (exact) mass is 579 g/mol. The first-order valence-electron chi connectivity index (χ1n) is 12.7. The quantitative estimate of drug-likeness (QED) is 0.398. The second-order valence-corrected chi connectivity index (χ2v) is 9.19. The molecule has 0 fully saturated rings. The molecule has 1 heterocycles. The molecule has 0 spiro atoms. The number of nitrogens with zero attached hydrogens (tertiary/aromatic N) is 1. The molecule has 2 aromatic rings. The Labute approximate surface area is 234 Å². The molecule has 0 bridgehead atoms. The molecule has 2 aromatic carbocycles. The molecule has 1 aliphatic heterocycles. The van der Waals surface area contributed by atoms with Crippen LogP contribution in [-0.2, 0) is 30.3 Å². The van der Waals surface area contributed by atoms with Gasteiger partial charge in [-0.3, -0.25) is 9.59 Å². The van der Waals surface area contributed by atoms with Gasteiger partial charge in [0.1, 0.15) is 18.1 Å². The Morgan fingerprint density at radius 2 is 1.59 bits per heavy atom. The molecule has 0 saturated heterocycles. The minimum absolute atomic E-state index is 0.326. The van der Waals surface area contributed by atoms with Gasteiger partial charge in [0.2, 0.25) is 17.8 Å². The summed E-state index contributed by atoms with van der Waals surface area (Å²) in [5.41, 5.74) is 7.26. The zero-order chi connectivity index (χ0) is 30.7. The second-order valence-electron chi connectivity index (χ2n) is 9.19. The maximum atomic E-state index is 13.5. The van der Waals surface area contributed by atoms with Crippen LogP contribution in [-0.4, -0.2) is 71.2 Å². The first-order chi connectivity index (χ1) is 19.2. The van der Waals surface area contributed by atoms with Crippen LogP contribution in [0.25, 0.3) is 11.1 Å². The van der Waals surface area contributed by atoms with E-state index < -0.39 is 36.3 Å². The van der Waals surface area contributed by atoms with Crippen molar-refractivity contribution in [2.24, 2.45) is 0 Å². The predicted molar refractivity (Wildman–Crippen MR) is 138 cm³/mol. The maximum absolute atomic E-state index is 13.5. The van der Waals surface area contributed by atoms with Gasteiger partial charge in [-0.25, -0.2) is 4.79 Å². The Morgan fingerprint density at radius 3 is 2.07 bits per heavy atom.